The number of methoxy groups -OCH3 is 1. The number of anilines is 2. The molecule has 0 unspecified atom stereocenters. The fraction of sp³-hybridized carbons (Fsp3) is 0.370. The first-order chi connectivity index (χ1) is 16.5. The van der Waals surface area contributed by atoms with E-state index in [1.165, 1.54) is 5.56 Å². The molecule has 34 heavy (non-hydrogen) atoms. The number of nitrogens with zero attached hydrogens (tertiary/aromatic N) is 4. The number of para-hydroxylation sites is 1. The van der Waals surface area contributed by atoms with E-state index in [1.807, 2.05) is 49.1 Å². The summed E-state index contributed by atoms with van der Waals surface area (Å²) in [4.78, 5) is 26.5. The van der Waals surface area contributed by atoms with Gasteiger partial charge in [0.2, 0.25) is 0 Å². The summed E-state index contributed by atoms with van der Waals surface area (Å²) in [6.45, 7) is 8.82. The van der Waals surface area contributed by atoms with Gasteiger partial charge in [-0.2, -0.15) is 0 Å². The lowest BCUT2D eigenvalue weighted by molar-refractivity contribution is 0.208. The molecule has 0 aliphatic carbocycles. The molecule has 3 aromatic rings. The molecule has 4 rings (SSSR count). The van der Waals surface area contributed by atoms with Crippen LogP contribution in [0.4, 0.5) is 16.3 Å². The number of piperazine rings is 1. The molecule has 0 atom stereocenters. The zero-order valence-corrected chi connectivity index (χ0v) is 20.5. The highest BCUT2D eigenvalue weighted by Crippen LogP contribution is 2.26. The summed E-state index contributed by atoms with van der Waals surface area (Å²) < 4.78 is 5.29. The summed E-state index contributed by atoms with van der Waals surface area (Å²) in [5.41, 5.74) is 5.34. The number of ether oxygens (including phenoxy) is 1. The van der Waals surface area contributed by atoms with Crippen molar-refractivity contribution in [1.29, 1.82) is 0 Å². The van der Waals surface area contributed by atoms with Crippen LogP contribution in [0.3, 0.4) is 0 Å². The summed E-state index contributed by atoms with van der Waals surface area (Å²) in [5, 5.41) is 3.09. The standard InChI is InChI=1S/C27H33N5O2/c1-5-22-8-6-7-9-25(22)30-27(33)32-16-14-31(15-17-32)26-24(19(2)28-20(3)29-26)18-21-10-12-23(34-4)13-11-21/h6-13H,5,14-18H2,1-4H3,(H,30,33). The molecule has 0 bridgehead atoms. The lowest BCUT2D eigenvalue weighted by atomic mass is 10.0. The van der Waals surface area contributed by atoms with Crippen molar-refractivity contribution in [1.82, 2.24) is 14.9 Å². The first kappa shape index (κ1) is 23.5. The molecular weight excluding hydrogens is 426 g/mol. The molecular formula is C27H33N5O2. The summed E-state index contributed by atoms with van der Waals surface area (Å²) in [6, 6.07) is 16.0. The van der Waals surface area contributed by atoms with Gasteiger partial charge in [-0.1, -0.05) is 37.3 Å². The minimum Gasteiger partial charge on any atom is -0.497 e. The summed E-state index contributed by atoms with van der Waals surface area (Å²) in [6.07, 6.45) is 1.63. The Morgan fingerprint density at radius 2 is 1.71 bits per heavy atom. The highest BCUT2D eigenvalue weighted by atomic mass is 16.5. The van der Waals surface area contributed by atoms with Crippen molar-refractivity contribution in [2.45, 2.75) is 33.6 Å². The Morgan fingerprint density at radius 1 is 1.00 bits per heavy atom. The molecule has 7 heteroatoms. The van der Waals surface area contributed by atoms with E-state index in [9.17, 15) is 4.79 Å². The number of benzene rings is 2. The van der Waals surface area contributed by atoms with Gasteiger partial charge in [0.1, 0.15) is 17.4 Å². The van der Waals surface area contributed by atoms with Gasteiger partial charge >= 0.3 is 6.03 Å². The van der Waals surface area contributed by atoms with Gasteiger partial charge in [-0.05, 0) is 49.6 Å². The number of carbonyl (C=O) groups excluding carboxylic acids is 1. The second-order valence-electron chi connectivity index (χ2n) is 8.60. The number of carbonyl (C=O) groups is 1. The molecule has 2 aromatic carbocycles. The Hall–Kier alpha value is -3.61. The Bertz CT molecular complexity index is 1140. The minimum atomic E-state index is -0.0472. The summed E-state index contributed by atoms with van der Waals surface area (Å²) >= 11 is 0. The van der Waals surface area contributed by atoms with E-state index in [0.717, 1.165) is 65.8 Å². The van der Waals surface area contributed by atoms with Gasteiger partial charge < -0.3 is 19.9 Å². The van der Waals surface area contributed by atoms with E-state index >= 15 is 0 Å². The number of aryl methyl sites for hydroxylation is 3. The fourth-order valence-electron chi connectivity index (χ4n) is 4.40. The van der Waals surface area contributed by atoms with E-state index in [0.29, 0.717) is 13.1 Å². The first-order valence-electron chi connectivity index (χ1n) is 11.8. The van der Waals surface area contributed by atoms with Crippen LogP contribution in [0.15, 0.2) is 48.5 Å². The molecule has 2 amide bonds. The maximum atomic E-state index is 12.9. The van der Waals surface area contributed by atoms with Crippen LogP contribution in [-0.4, -0.2) is 54.2 Å². The Labute approximate surface area is 201 Å². The predicted molar refractivity (Wildman–Crippen MR) is 136 cm³/mol. The van der Waals surface area contributed by atoms with Crippen LogP contribution in [-0.2, 0) is 12.8 Å². The van der Waals surface area contributed by atoms with Crippen LogP contribution in [0, 0.1) is 13.8 Å². The number of amides is 2. The van der Waals surface area contributed by atoms with Crippen LogP contribution in [0.25, 0.3) is 0 Å². The zero-order chi connectivity index (χ0) is 24.1. The molecule has 178 valence electrons. The van der Waals surface area contributed by atoms with Crippen molar-refractivity contribution in [3.63, 3.8) is 0 Å². The van der Waals surface area contributed by atoms with E-state index in [-0.39, 0.29) is 6.03 Å². The number of hydrogen-bond donors (Lipinski definition) is 1. The molecule has 1 saturated heterocycles. The fourth-order valence-corrected chi connectivity index (χ4v) is 4.40. The van der Waals surface area contributed by atoms with Crippen molar-refractivity contribution in [3.8, 4) is 5.75 Å². The van der Waals surface area contributed by atoms with E-state index < -0.39 is 0 Å². The van der Waals surface area contributed by atoms with Gasteiger partial charge in [0.25, 0.3) is 0 Å². The number of aromatic nitrogens is 2. The van der Waals surface area contributed by atoms with Gasteiger partial charge in [0, 0.05) is 49.5 Å². The third-order valence-electron chi connectivity index (χ3n) is 6.35. The molecule has 0 spiro atoms. The van der Waals surface area contributed by atoms with Crippen molar-refractivity contribution >= 4 is 17.5 Å². The lowest BCUT2D eigenvalue weighted by Gasteiger charge is -2.36. The normalized spacial score (nSPS) is 13.6. The third kappa shape index (κ3) is 5.30. The summed E-state index contributed by atoms with van der Waals surface area (Å²) in [7, 11) is 1.67. The molecule has 1 aliphatic heterocycles. The van der Waals surface area contributed by atoms with Gasteiger partial charge in [0.15, 0.2) is 0 Å². The van der Waals surface area contributed by atoms with Gasteiger partial charge in [0.05, 0.1) is 7.11 Å². The molecule has 1 N–H and O–H groups in total. The molecule has 2 heterocycles. The molecule has 1 aliphatic rings. The monoisotopic (exact) mass is 459 g/mol. The second-order valence-corrected chi connectivity index (χ2v) is 8.60. The Morgan fingerprint density at radius 3 is 2.38 bits per heavy atom. The molecule has 1 fully saturated rings. The SMILES string of the molecule is CCc1ccccc1NC(=O)N1CCN(c2nc(C)nc(C)c2Cc2ccc(OC)cc2)CC1. The third-order valence-corrected chi connectivity index (χ3v) is 6.35. The van der Waals surface area contributed by atoms with Gasteiger partial charge in [-0.3, -0.25) is 0 Å². The topological polar surface area (TPSA) is 70.6 Å². The average Bonchev–Trinajstić information content (AvgIpc) is 2.86. The number of nitrogens with one attached hydrogen (secondary N) is 1. The van der Waals surface area contributed by atoms with Crippen LogP contribution >= 0.6 is 0 Å². The maximum Gasteiger partial charge on any atom is 0.321 e. The van der Waals surface area contributed by atoms with E-state index in [1.54, 1.807) is 7.11 Å². The largest absolute Gasteiger partial charge is 0.497 e. The highest BCUT2D eigenvalue weighted by molar-refractivity contribution is 5.90. The van der Waals surface area contributed by atoms with Gasteiger partial charge in [-0.25, -0.2) is 14.8 Å². The van der Waals surface area contributed by atoms with Crippen molar-refractivity contribution in [2.75, 3.05) is 43.5 Å². The lowest BCUT2D eigenvalue weighted by Crippen LogP contribution is -2.50. The number of urea groups is 1. The van der Waals surface area contributed by atoms with Crippen LogP contribution < -0.4 is 15.0 Å². The second kappa shape index (κ2) is 10.5. The highest BCUT2D eigenvalue weighted by Gasteiger charge is 2.25. The van der Waals surface area contributed by atoms with E-state index in [4.69, 9.17) is 9.72 Å². The quantitative estimate of drug-likeness (QED) is 0.583. The first-order valence-corrected chi connectivity index (χ1v) is 11.8. The molecule has 0 saturated carbocycles. The van der Waals surface area contributed by atoms with Crippen molar-refractivity contribution in [2.24, 2.45) is 0 Å². The van der Waals surface area contributed by atoms with Gasteiger partial charge in [-0.15, -0.1) is 0 Å². The smallest absolute Gasteiger partial charge is 0.321 e. The Kier molecular flexibility index (Phi) is 7.30. The van der Waals surface area contributed by atoms with Crippen molar-refractivity contribution < 1.29 is 9.53 Å². The Balaban J connectivity index is 1.46. The maximum absolute atomic E-state index is 12.9. The summed E-state index contributed by atoms with van der Waals surface area (Å²) in [5.74, 6) is 2.58. The molecule has 0 radical (unpaired) electrons. The average molecular weight is 460 g/mol. The van der Waals surface area contributed by atoms with Crippen molar-refractivity contribution in [3.05, 3.63) is 76.7 Å². The zero-order valence-electron chi connectivity index (χ0n) is 20.5. The minimum absolute atomic E-state index is 0.0472. The van der Waals surface area contributed by atoms with Crippen LogP contribution in [0.2, 0.25) is 0 Å². The van der Waals surface area contributed by atoms with Crippen LogP contribution in [0.5, 0.6) is 5.75 Å². The molecule has 1 aromatic heterocycles. The predicted octanol–water partition coefficient (Wildman–Crippen LogP) is 4.61. The van der Waals surface area contributed by atoms with E-state index in [2.05, 4.69) is 40.3 Å². The number of rotatable bonds is 6. The van der Waals surface area contributed by atoms with Crippen LogP contribution in [0.1, 0.15) is 35.1 Å². The number of hydrogen-bond acceptors (Lipinski definition) is 5. The molecule has 7 nitrogen and oxygen atoms in total.